The molecule has 1 amide bonds. The van der Waals surface area contributed by atoms with Crippen LogP contribution in [0.25, 0.3) is 0 Å². The maximum atomic E-state index is 12.0. The zero-order valence-corrected chi connectivity index (χ0v) is 11.4. The molecule has 0 bridgehead atoms. The van der Waals surface area contributed by atoms with Gasteiger partial charge in [0.25, 0.3) is 5.91 Å². The first-order chi connectivity index (χ1) is 9.81. The van der Waals surface area contributed by atoms with Crippen LogP contribution >= 0.6 is 0 Å². The first-order valence-corrected chi connectivity index (χ1v) is 6.77. The quantitative estimate of drug-likeness (QED) is 0.713. The van der Waals surface area contributed by atoms with E-state index >= 15 is 0 Å². The predicted octanol–water partition coefficient (Wildman–Crippen LogP) is 0.553. The molecule has 1 aromatic carbocycles. The van der Waals surface area contributed by atoms with Crippen LogP contribution in [-0.4, -0.2) is 45.4 Å². The Bertz CT molecular complexity index is 451. The van der Waals surface area contributed by atoms with E-state index in [-0.39, 0.29) is 5.91 Å². The number of hydrogen-bond donors (Lipinski definition) is 2. The number of benzene rings is 1. The van der Waals surface area contributed by atoms with Crippen LogP contribution in [-0.2, 0) is 4.74 Å². The van der Waals surface area contributed by atoms with Crippen molar-refractivity contribution in [3.05, 3.63) is 23.8 Å². The molecule has 110 valence electrons. The van der Waals surface area contributed by atoms with E-state index in [9.17, 15) is 4.79 Å². The molecule has 0 saturated carbocycles. The Hall–Kier alpha value is -1.79. The molecule has 0 aromatic heterocycles. The van der Waals surface area contributed by atoms with Crippen LogP contribution in [0.1, 0.15) is 16.8 Å². The Morgan fingerprint density at radius 2 is 2.05 bits per heavy atom. The summed E-state index contributed by atoms with van der Waals surface area (Å²) in [4.78, 5) is 12.0. The monoisotopic (exact) mass is 280 g/mol. The van der Waals surface area contributed by atoms with E-state index in [1.165, 1.54) is 0 Å². The smallest absolute Gasteiger partial charge is 0.251 e. The van der Waals surface area contributed by atoms with E-state index in [0.717, 1.165) is 6.42 Å². The summed E-state index contributed by atoms with van der Waals surface area (Å²) in [5, 5.41) is 2.84. The van der Waals surface area contributed by atoms with Gasteiger partial charge < -0.3 is 25.3 Å². The molecule has 0 atom stereocenters. The largest absolute Gasteiger partial charge is 0.486 e. The molecule has 1 aliphatic rings. The fraction of sp³-hybridized carbons (Fsp3) is 0.500. The third-order valence-corrected chi connectivity index (χ3v) is 2.82. The molecular weight excluding hydrogens is 260 g/mol. The number of rotatable bonds is 7. The third-order valence-electron chi connectivity index (χ3n) is 2.82. The molecule has 0 spiro atoms. The van der Waals surface area contributed by atoms with E-state index < -0.39 is 0 Å². The van der Waals surface area contributed by atoms with Crippen molar-refractivity contribution in [3.63, 3.8) is 0 Å². The molecule has 6 nitrogen and oxygen atoms in total. The van der Waals surface area contributed by atoms with Gasteiger partial charge in [-0.3, -0.25) is 4.79 Å². The summed E-state index contributed by atoms with van der Waals surface area (Å²) >= 11 is 0. The summed E-state index contributed by atoms with van der Waals surface area (Å²) in [7, 11) is 0. The second-order valence-corrected chi connectivity index (χ2v) is 4.37. The van der Waals surface area contributed by atoms with Crippen LogP contribution in [0.15, 0.2) is 18.2 Å². The van der Waals surface area contributed by atoms with Gasteiger partial charge in [0.1, 0.15) is 13.2 Å². The molecule has 2 rings (SSSR count). The Morgan fingerprint density at radius 1 is 1.25 bits per heavy atom. The Kier molecular flexibility index (Phi) is 5.64. The van der Waals surface area contributed by atoms with Crippen LogP contribution in [0.2, 0.25) is 0 Å². The van der Waals surface area contributed by atoms with E-state index in [2.05, 4.69) is 5.32 Å². The highest BCUT2D eigenvalue weighted by Gasteiger charge is 2.14. The molecule has 0 saturated heterocycles. The summed E-state index contributed by atoms with van der Waals surface area (Å²) < 4.78 is 16.1. The van der Waals surface area contributed by atoms with Crippen molar-refractivity contribution < 1.29 is 19.0 Å². The van der Waals surface area contributed by atoms with Gasteiger partial charge >= 0.3 is 0 Å². The molecule has 3 N–H and O–H groups in total. The number of fused-ring (bicyclic) bond motifs is 1. The highest BCUT2D eigenvalue weighted by atomic mass is 16.6. The third kappa shape index (κ3) is 4.11. The van der Waals surface area contributed by atoms with Gasteiger partial charge in [-0.2, -0.15) is 0 Å². The van der Waals surface area contributed by atoms with Crippen LogP contribution in [0.5, 0.6) is 11.5 Å². The van der Waals surface area contributed by atoms with Gasteiger partial charge in [-0.25, -0.2) is 0 Å². The zero-order chi connectivity index (χ0) is 14.2. The van der Waals surface area contributed by atoms with E-state index in [4.69, 9.17) is 19.9 Å². The Labute approximate surface area is 118 Å². The predicted molar refractivity (Wildman–Crippen MR) is 74.3 cm³/mol. The molecule has 6 heteroatoms. The Morgan fingerprint density at radius 3 is 2.85 bits per heavy atom. The highest BCUT2D eigenvalue weighted by Crippen LogP contribution is 2.30. The van der Waals surface area contributed by atoms with Crippen LogP contribution < -0.4 is 20.5 Å². The van der Waals surface area contributed by atoms with Crippen LogP contribution in [0, 0.1) is 0 Å². The van der Waals surface area contributed by atoms with E-state index in [1.807, 2.05) is 0 Å². The minimum atomic E-state index is -0.124. The van der Waals surface area contributed by atoms with Gasteiger partial charge in [0.15, 0.2) is 11.5 Å². The normalized spacial score (nSPS) is 13.1. The molecule has 1 aromatic rings. The van der Waals surface area contributed by atoms with Crippen molar-refractivity contribution in [1.82, 2.24) is 5.32 Å². The molecule has 0 unspecified atom stereocenters. The molecule has 0 fully saturated rings. The lowest BCUT2D eigenvalue weighted by Crippen LogP contribution is -2.26. The number of carbonyl (C=O) groups excluding carboxylic acids is 1. The van der Waals surface area contributed by atoms with Crippen molar-refractivity contribution in [2.45, 2.75) is 6.42 Å². The van der Waals surface area contributed by atoms with Gasteiger partial charge in [-0.15, -0.1) is 0 Å². The SMILES string of the molecule is NCCOCCCNC(=O)c1ccc2c(c1)OCCO2. The number of carbonyl (C=O) groups is 1. The van der Waals surface area contributed by atoms with Gasteiger partial charge in [0, 0.05) is 25.3 Å². The number of hydrogen-bond acceptors (Lipinski definition) is 5. The molecule has 1 aliphatic heterocycles. The minimum absolute atomic E-state index is 0.124. The Balaban J connectivity index is 1.77. The van der Waals surface area contributed by atoms with Crippen LogP contribution in [0.4, 0.5) is 0 Å². The fourth-order valence-corrected chi connectivity index (χ4v) is 1.85. The maximum absolute atomic E-state index is 12.0. The first-order valence-electron chi connectivity index (χ1n) is 6.77. The van der Waals surface area contributed by atoms with Gasteiger partial charge in [-0.05, 0) is 24.6 Å². The van der Waals surface area contributed by atoms with Crippen molar-refractivity contribution >= 4 is 5.91 Å². The molecule has 1 heterocycles. The maximum Gasteiger partial charge on any atom is 0.251 e. The minimum Gasteiger partial charge on any atom is -0.486 e. The molecule has 0 radical (unpaired) electrons. The van der Waals surface area contributed by atoms with Crippen LogP contribution in [0.3, 0.4) is 0 Å². The summed E-state index contributed by atoms with van der Waals surface area (Å²) in [5.41, 5.74) is 5.87. The van der Waals surface area contributed by atoms with E-state index in [1.54, 1.807) is 18.2 Å². The topological polar surface area (TPSA) is 82.8 Å². The zero-order valence-electron chi connectivity index (χ0n) is 11.4. The summed E-state index contributed by atoms with van der Waals surface area (Å²) in [6.45, 7) is 3.29. The second kappa shape index (κ2) is 7.72. The molecular formula is C14H20N2O4. The number of ether oxygens (including phenoxy) is 3. The summed E-state index contributed by atoms with van der Waals surface area (Å²) in [5.74, 6) is 1.18. The van der Waals surface area contributed by atoms with Gasteiger partial charge in [0.05, 0.1) is 6.61 Å². The number of nitrogens with one attached hydrogen (secondary N) is 1. The average Bonchev–Trinajstić information content (AvgIpc) is 2.50. The van der Waals surface area contributed by atoms with Crippen molar-refractivity contribution in [1.29, 1.82) is 0 Å². The van der Waals surface area contributed by atoms with Gasteiger partial charge in [0.2, 0.25) is 0 Å². The first kappa shape index (κ1) is 14.6. The lowest BCUT2D eigenvalue weighted by atomic mass is 10.2. The summed E-state index contributed by atoms with van der Waals surface area (Å²) in [6, 6.07) is 5.19. The number of amides is 1. The highest BCUT2D eigenvalue weighted by molar-refractivity contribution is 5.94. The lowest BCUT2D eigenvalue weighted by molar-refractivity contribution is 0.0942. The standard InChI is InChI=1S/C14H20N2O4/c15-4-7-18-6-1-5-16-14(17)11-2-3-12-13(10-11)20-9-8-19-12/h2-3,10H,1,4-9,15H2,(H,16,17). The molecule has 0 aliphatic carbocycles. The van der Waals surface area contributed by atoms with Gasteiger partial charge in [-0.1, -0.05) is 0 Å². The summed E-state index contributed by atoms with van der Waals surface area (Å²) in [6.07, 6.45) is 0.760. The van der Waals surface area contributed by atoms with Crippen molar-refractivity contribution in [2.75, 3.05) is 39.5 Å². The van der Waals surface area contributed by atoms with Crippen molar-refractivity contribution in [2.24, 2.45) is 5.73 Å². The second-order valence-electron chi connectivity index (χ2n) is 4.37. The average molecular weight is 280 g/mol. The fourth-order valence-electron chi connectivity index (χ4n) is 1.85. The van der Waals surface area contributed by atoms with E-state index in [0.29, 0.717) is 56.6 Å². The van der Waals surface area contributed by atoms with Crippen molar-refractivity contribution in [3.8, 4) is 11.5 Å². The molecule has 20 heavy (non-hydrogen) atoms. The number of nitrogens with two attached hydrogens (primary N) is 1. The lowest BCUT2D eigenvalue weighted by Gasteiger charge is -2.18.